The third-order valence-corrected chi connectivity index (χ3v) is 8.78. The molecule has 0 spiro atoms. The Labute approximate surface area is 211 Å². The second-order valence-corrected chi connectivity index (χ2v) is 11.4. The van der Waals surface area contributed by atoms with E-state index in [-0.39, 0.29) is 23.1 Å². The number of halogens is 3. The van der Waals surface area contributed by atoms with Crippen LogP contribution in [0.25, 0.3) is 11.1 Å². The van der Waals surface area contributed by atoms with Gasteiger partial charge in [0.25, 0.3) is 5.91 Å². The summed E-state index contributed by atoms with van der Waals surface area (Å²) in [5.41, 5.74) is 1.97. The monoisotopic (exact) mass is 539 g/mol. The molecule has 2 heterocycles. The number of nitrogens with one attached hydrogen (secondary N) is 1. The van der Waals surface area contributed by atoms with Gasteiger partial charge in [0.1, 0.15) is 11.4 Å². The number of aromatic nitrogens is 1. The zero-order valence-corrected chi connectivity index (χ0v) is 20.9. The van der Waals surface area contributed by atoms with Gasteiger partial charge in [0.05, 0.1) is 10.8 Å². The number of ether oxygens (including phenoxy) is 1. The van der Waals surface area contributed by atoms with Gasteiger partial charge in [-0.25, -0.2) is 17.7 Å². The maximum absolute atomic E-state index is 12.9. The van der Waals surface area contributed by atoms with Crippen molar-refractivity contribution in [3.8, 4) is 16.9 Å². The number of hydrogen-bond donors (Lipinski definition) is 1. The largest absolute Gasteiger partial charge is 0.573 e. The molecule has 1 saturated heterocycles. The van der Waals surface area contributed by atoms with Crippen LogP contribution in [0.15, 0.2) is 53.9 Å². The van der Waals surface area contributed by atoms with E-state index in [4.69, 9.17) is 0 Å². The molecule has 1 aliphatic rings. The lowest BCUT2D eigenvalue weighted by Crippen LogP contribution is -2.38. The molecule has 36 heavy (non-hydrogen) atoms. The van der Waals surface area contributed by atoms with Gasteiger partial charge in [0, 0.05) is 35.6 Å². The minimum atomic E-state index is -4.77. The van der Waals surface area contributed by atoms with Gasteiger partial charge in [-0.15, -0.1) is 24.5 Å². The van der Waals surface area contributed by atoms with Crippen LogP contribution < -0.4 is 10.1 Å². The number of benzene rings is 2. The fraction of sp³-hybridized carbons (Fsp3) is 0.333. The van der Waals surface area contributed by atoms with E-state index in [0.29, 0.717) is 42.7 Å². The Morgan fingerprint density at radius 1 is 1.14 bits per heavy atom. The predicted octanol–water partition coefficient (Wildman–Crippen LogP) is 5.49. The summed E-state index contributed by atoms with van der Waals surface area (Å²) < 4.78 is 66.9. The van der Waals surface area contributed by atoms with E-state index in [1.54, 1.807) is 36.6 Å². The first kappa shape index (κ1) is 26.1. The lowest BCUT2D eigenvalue weighted by Gasteiger charge is -2.29. The number of alkyl halides is 3. The Morgan fingerprint density at radius 2 is 1.81 bits per heavy atom. The molecule has 1 N–H and O–H groups in total. The molecule has 1 fully saturated rings. The zero-order chi connectivity index (χ0) is 25.9. The van der Waals surface area contributed by atoms with E-state index in [9.17, 15) is 26.4 Å². The van der Waals surface area contributed by atoms with Crippen molar-refractivity contribution in [2.24, 2.45) is 0 Å². The van der Waals surface area contributed by atoms with Crippen molar-refractivity contribution < 1.29 is 31.1 Å². The highest BCUT2D eigenvalue weighted by Crippen LogP contribution is 2.33. The van der Waals surface area contributed by atoms with Crippen LogP contribution in [0.1, 0.15) is 41.2 Å². The van der Waals surface area contributed by atoms with Gasteiger partial charge >= 0.3 is 6.36 Å². The Bertz CT molecular complexity index is 1320. The standard InChI is InChI=1S/C24H24F3N3O4S2/c1-2-36(32,33)30-13-11-17(12-14-30)23-29-21(15-35-23)22(31)28-20-6-4-3-5-19(20)16-7-9-18(10-8-16)34-24(25,26)27/h3-10,15,17H,2,11-14H2,1H3,(H,28,31). The number of para-hydroxylation sites is 1. The maximum Gasteiger partial charge on any atom is 0.573 e. The smallest absolute Gasteiger partial charge is 0.406 e. The number of anilines is 1. The number of rotatable bonds is 7. The van der Waals surface area contributed by atoms with Crippen LogP contribution in [0, 0.1) is 0 Å². The van der Waals surface area contributed by atoms with Gasteiger partial charge < -0.3 is 10.1 Å². The van der Waals surface area contributed by atoms with E-state index in [0.717, 1.165) is 5.01 Å². The molecule has 2 aromatic carbocycles. The van der Waals surface area contributed by atoms with Gasteiger partial charge in [0.2, 0.25) is 10.0 Å². The fourth-order valence-corrected chi connectivity index (χ4v) is 6.11. The first-order chi connectivity index (χ1) is 17.1. The lowest BCUT2D eigenvalue weighted by molar-refractivity contribution is -0.274. The molecule has 3 aromatic rings. The lowest BCUT2D eigenvalue weighted by atomic mass is 9.99. The third kappa shape index (κ3) is 6.23. The summed E-state index contributed by atoms with van der Waals surface area (Å²) in [5, 5.41) is 5.30. The molecule has 12 heteroatoms. The van der Waals surface area contributed by atoms with Crippen LogP contribution in [-0.4, -0.2) is 48.8 Å². The van der Waals surface area contributed by atoms with Crippen molar-refractivity contribution in [3.63, 3.8) is 0 Å². The van der Waals surface area contributed by atoms with Crippen molar-refractivity contribution in [1.29, 1.82) is 0 Å². The van der Waals surface area contributed by atoms with Gasteiger partial charge in [-0.1, -0.05) is 30.3 Å². The van der Waals surface area contributed by atoms with Gasteiger partial charge in [-0.2, -0.15) is 0 Å². The van der Waals surface area contributed by atoms with Crippen molar-refractivity contribution in [3.05, 3.63) is 64.6 Å². The number of thiazole rings is 1. The molecule has 0 aliphatic carbocycles. The minimum absolute atomic E-state index is 0.0756. The first-order valence-corrected chi connectivity index (χ1v) is 13.7. The molecule has 1 aromatic heterocycles. The Hall–Kier alpha value is -2.96. The Kier molecular flexibility index (Phi) is 7.67. The summed E-state index contributed by atoms with van der Waals surface area (Å²) in [4.78, 5) is 17.4. The molecule has 0 unspecified atom stereocenters. The molecule has 0 radical (unpaired) electrons. The maximum atomic E-state index is 12.9. The molecule has 0 bridgehead atoms. The average Bonchev–Trinajstić information content (AvgIpc) is 3.35. The number of amides is 1. The van der Waals surface area contributed by atoms with Crippen molar-refractivity contribution in [1.82, 2.24) is 9.29 Å². The fourth-order valence-electron chi connectivity index (χ4n) is 4.01. The van der Waals surface area contributed by atoms with Gasteiger partial charge in [-0.05, 0) is 43.5 Å². The summed E-state index contributed by atoms with van der Waals surface area (Å²) in [7, 11) is -3.21. The minimum Gasteiger partial charge on any atom is -0.406 e. The van der Waals surface area contributed by atoms with Crippen LogP contribution in [-0.2, 0) is 10.0 Å². The third-order valence-electron chi connectivity index (χ3n) is 5.89. The second-order valence-electron chi connectivity index (χ2n) is 8.22. The highest BCUT2D eigenvalue weighted by atomic mass is 32.2. The van der Waals surface area contributed by atoms with E-state index in [2.05, 4.69) is 15.0 Å². The van der Waals surface area contributed by atoms with Gasteiger partial charge in [0.15, 0.2) is 0 Å². The van der Waals surface area contributed by atoms with Crippen LogP contribution >= 0.6 is 11.3 Å². The number of hydrogen-bond acceptors (Lipinski definition) is 6. The molecule has 192 valence electrons. The van der Waals surface area contributed by atoms with E-state index < -0.39 is 22.3 Å². The molecule has 4 rings (SSSR count). The Morgan fingerprint density at radius 3 is 2.44 bits per heavy atom. The van der Waals surface area contributed by atoms with E-state index >= 15 is 0 Å². The normalized spacial score (nSPS) is 15.6. The van der Waals surface area contributed by atoms with Crippen LogP contribution in [0.4, 0.5) is 18.9 Å². The van der Waals surface area contributed by atoms with Gasteiger partial charge in [-0.3, -0.25) is 4.79 Å². The highest BCUT2D eigenvalue weighted by Gasteiger charge is 2.31. The summed E-state index contributed by atoms with van der Waals surface area (Å²) >= 11 is 1.37. The molecule has 1 amide bonds. The second kappa shape index (κ2) is 10.6. The summed E-state index contributed by atoms with van der Waals surface area (Å²) in [6, 6.07) is 12.3. The summed E-state index contributed by atoms with van der Waals surface area (Å²) in [5.74, 6) is -0.579. The van der Waals surface area contributed by atoms with Crippen molar-refractivity contribution in [2.45, 2.75) is 32.0 Å². The SMILES string of the molecule is CCS(=O)(=O)N1CCC(c2nc(C(=O)Nc3ccccc3-c3ccc(OC(F)(F)F)cc3)cs2)CC1. The molecule has 7 nitrogen and oxygen atoms in total. The predicted molar refractivity (Wildman–Crippen MR) is 132 cm³/mol. The number of piperidine rings is 1. The molecular formula is C24H24F3N3O4S2. The van der Waals surface area contributed by atoms with Crippen molar-refractivity contribution >= 4 is 33.0 Å². The highest BCUT2D eigenvalue weighted by molar-refractivity contribution is 7.89. The Balaban J connectivity index is 1.44. The molecule has 1 aliphatic heterocycles. The number of sulfonamides is 1. The number of nitrogens with zero attached hydrogens (tertiary/aromatic N) is 2. The topological polar surface area (TPSA) is 88.6 Å². The van der Waals surface area contributed by atoms with Crippen LogP contribution in [0.3, 0.4) is 0 Å². The number of carbonyl (C=O) groups is 1. The summed E-state index contributed by atoms with van der Waals surface area (Å²) in [6.07, 6.45) is -3.49. The summed E-state index contributed by atoms with van der Waals surface area (Å²) in [6.45, 7) is 2.49. The zero-order valence-electron chi connectivity index (χ0n) is 19.3. The van der Waals surface area contributed by atoms with Crippen LogP contribution in [0.2, 0.25) is 0 Å². The quantitative estimate of drug-likeness (QED) is 0.429. The van der Waals surface area contributed by atoms with E-state index in [1.165, 1.54) is 39.9 Å². The average molecular weight is 540 g/mol. The van der Waals surface area contributed by atoms with E-state index in [1.807, 2.05) is 0 Å². The number of carbonyl (C=O) groups excluding carboxylic acids is 1. The molecule has 0 saturated carbocycles. The van der Waals surface area contributed by atoms with Crippen molar-refractivity contribution in [2.75, 3.05) is 24.2 Å². The molecular weight excluding hydrogens is 515 g/mol. The first-order valence-electron chi connectivity index (χ1n) is 11.3. The van der Waals surface area contributed by atoms with Crippen LogP contribution in [0.5, 0.6) is 5.75 Å². The molecule has 0 atom stereocenters.